The topological polar surface area (TPSA) is 431 Å². The second kappa shape index (κ2) is 43.7. The Morgan fingerprint density at radius 2 is 1.23 bits per heavy atom. The molecule has 10 aromatic rings. The van der Waals surface area contributed by atoms with Crippen LogP contribution in [0, 0.1) is 21.8 Å². The van der Waals surface area contributed by atoms with E-state index in [1.165, 1.54) is 58.7 Å². The van der Waals surface area contributed by atoms with Gasteiger partial charge in [-0.1, -0.05) is 177 Å². The first-order valence-corrected chi connectivity index (χ1v) is 42.8. The Labute approximate surface area is 774 Å². The van der Waals surface area contributed by atoms with Crippen molar-refractivity contribution in [3.63, 3.8) is 0 Å². The van der Waals surface area contributed by atoms with Gasteiger partial charge in [0.15, 0.2) is 17.2 Å². The van der Waals surface area contributed by atoms with Gasteiger partial charge in [0.05, 0.1) is 41.7 Å². The smallest absolute Gasteiger partial charge is 0.410 e. The molecule has 32 nitrogen and oxygen atoms in total. The van der Waals surface area contributed by atoms with Crippen molar-refractivity contribution in [2.24, 2.45) is 5.92 Å². The Kier molecular flexibility index (Phi) is 32.0. The van der Waals surface area contributed by atoms with E-state index in [4.69, 9.17) is 61.1 Å². The number of ether oxygens (including phenoxy) is 8. The summed E-state index contributed by atoms with van der Waals surface area (Å²) in [6, 6.07) is 37.5. The van der Waals surface area contributed by atoms with Gasteiger partial charge in [-0.3, -0.25) is 53.4 Å². The maximum absolute atomic E-state index is 16.8. The van der Waals surface area contributed by atoms with E-state index in [2.05, 4.69) is 49.1 Å². The van der Waals surface area contributed by atoms with Crippen LogP contribution in [0.3, 0.4) is 0 Å². The fourth-order valence-electron chi connectivity index (χ4n) is 14.9. The largest absolute Gasteiger partial charge is 0.504 e. The number of carbonyl (C=O) groups excluding carboxylic acids is 9. The summed E-state index contributed by atoms with van der Waals surface area (Å²) >= 11 is 14.3. The van der Waals surface area contributed by atoms with Crippen LogP contribution in [0.2, 0.25) is 10.0 Å². The number of likely N-dealkylation sites (N-methyl/N-ethyl adjacent to an activating group) is 2. The van der Waals surface area contributed by atoms with Crippen LogP contribution >= 0.6 is 23.2 Å². The number of aromatic hydroxyl groups is 1. The number of nitro benzene ring substituents is 1. The van der Waals surface area contributed by atoms with Gasteiger partial charge in [-0.15, -0.1) is 0 Å². The summed E-state index contributed by atoms with van der Waals surface area (Å²) in [7, 11) is 5.41. The van der Waals surface area contributed by atoms with Gasteiger partial charge in [-0.2, -0.15) is 4.39 Å². The Morgan fingerprint density at radius 3 is 1.78 bits per heavy atom. The summed E-state index contributed by atoms with van der Waals surface area (Å²) < 4.78 is 64.6. The van der Waals surface area contributed by atoms with E-state index >= 15 is 42.7 Å². The van der Waals surface area contributed by atoms with Crippen molar-refractivity contribution in [2.75, 3.05) is 34.9 Å². The third-order valence-electron chi connectivity index (χ3n) is 21.6. The van der Waals surface area contributed by atoms with Crippen LogP contribution in [0.5, 0.6) is 51.7 Å². The third-order valence-corrected chi connectivity index (χ3v) is 22.2. The highest BCUT2D eigenvalue weighted by Crippen LogP contribution is 2.49. The fraction of sp³-hybridized carbons (Fsp3) is 0.276. The number of phenolic OH excluding ortho intramolecular Hbond substituents is 1. The number of nitro groups is 1. The molecule has 3 aliphatic rings. The summed E-state index contributed by atoms with van der Waals surface area (Å²) in [6.45, 7) is 11.2. The first kappa shape index (κ1) is 97.3. The molecule has 133 heavy (non-hydrogen) atoms. The van der Waals surface area contributed by atoms with Gasteiger partial charge >= 0.3 is 11.8 Å². The standard InChI is InChI=1S/C98H99Cl2FN10O22/c1-11-39-128-89-74(112)45-61-46-77(89)132-88-68(99)42-62(43-69(88)100)87(115)85-96(122)107-83(92(118)102-7)67-47-65(129-50-54-21-15-12-16-22-54)48-76(131-52-56-25-19-14-20-26-56)79(67)66-41-59(32-38-75(66)130-51-55-23-17-13-18-24-55)81(93(119)109-85)106-94(120)82(61)105-90(116)71(49-78(113)104-80(57-27-33-63(126-9)34-28-57)58-29-35-64(127-10)36-30-58)103-95(121)84(86(114)60-31-37-70(101)72(44-60)111(124)125)108-91(117)73(40-53(2)3)110(8)97(123)133-98(4,5)6/h11-38,41-48,53,71,73,80-87,112,114-115H,1,39-40,49-52H2,2-10H3,(H,102,118)(H,103,121)(H,104,113)(H,105,116)(H,106,120)(H,107,122)(H,108,117)(H,109,119)/t71-,73+,81+,82+,83-,84+,85-,86+,87+/m0/s1. The highest BCUT2D eigenvalue weighted by Gasteiger charge is 2.44. The van der Waals surface area contributed by atoms with Crippen molar-refractivity contribution in [1.82, 2.24) is 47.4 Å². The lowest BCUT2D eigenvalue weighted by Crippen LogP contribution is -2.60. The third kappa shape index (κ3) is 24.3. The molecule has 0 aromatic heterocycles. The summed E-state index contributed by atoms with van der Waals surface area (Å²) in [5.74, 6) is -13.3. The fourth-order valence-corrected chi connectivity index (χ4v) is 15.5. The molecule has 0 saturated heterocycles. The summed E-state index contributed by atoms with van der Waals surface area (Å²) in [4.78, 5) is 154. The van der Waals surface area contributed by atoms with E-state index in [1.54, 1.807) is 150 Å². The number of phenols is 1. The molecule has 10 aromatic carbocycles. The predicted molar refractivity (Wildman–Crippen MR) is 488 cm³/mol. The second-order valence-corrected chi connectivity index (χ2v) is 33.5. The van der Waals surface area contributed by atoms with Gasteiger partial charge in [-0.25, -0.2) is 4.79 Å². The van der Waals surface area contributed by atoms with Crippen LogP contribution in [0.25, 0.3) is 11.1 Å². The van der Waals surface area contributed by atoms with E-state index in [9.17, 15) is 30.2 Å². The number of aliphatic hydroxyl groups excluding tert-OH is 2. The normalized spacial score (nSPS) is 16.2. The van der Waals surface area contributed by atoms with E-state index < -0.39 is 192 Å². The maximum atomic E-state index is 16.8. The molecule has 8 bridgehead atoms. The molecule has 35 heteroatoms. The maximum Gasteiger partial charge on any atom is 0.410 e. The average Bonchev–Trinajstić information content (AvgIpc) is 0.752. The van der Waals surface area contributed by atoms with Gasteiger partial charge in [0.2, 0.25) is 58.8 Å². The van der Waals surface area contributed by atoms with Crippen molar-refractivity contribution < 1.29 is 106 Å². The van der Waals surface area contributed by atoms with Crippen LogP contribution in [0.1, 0.15) is 139 Å². The van der Waals surface area contributed by atoms with Gasteiger partial charge in [0.25, 0.3) is 0 Å². The van der Waals surface area contributed by atoms with Crippen molar-refractivity contribution in [2.45, 2.75) is 133 Å². The number of hydrogen-bond donors (Lipinski definition) is 11. The molecule has 9 atom stereocenters. The molecule has 0 fully saturated rings. The van der Waals surface area contributed by atoms with E-state index in [0.717, 1.165) is 40.8 Å². The molecule has 11 N–H and O–H groups in total. The number of fused-ring (bicyclic) bond motifs is 8. The summed E-state index contributed by atoms with van der Waals surface area (Å²) in [6.07, 6.45) is -5.72. The van der Waals surface area contributed by atoms with Crippen molar-refractivity contribution in [1.29, 1.82) is 0 Å². The van der Waals surface area contributed by atoms with Crippen molar-refractivity contribution >= 4 is 82.2 Å². The number of nitrogens with zero attached hydrogens (tertiary/aromatic N) is 2. The van der Waals surface area contributed by atoms with E-state index in [1.807, 2.05) is 30.3 Å². The first-order valence-electron chi connectivity index (χ1n) is 42.1. The highest BCUT2D eigenvalue weighted by molar-refractivity contribution is 6.37. The Balaban J connectivity index is 1.08. The number of benzene rings is 10. The Hall–Kier alpha value is -14.8. The number of nitrogens with one attached hydrogen (secondary N) is 8. The summed E-state index contributed by atoms with van der Waals surface area (Å²) in [5, 5.41) is 70.8. The van der Waals surface area contributed by atoms with E-state index in [0.29, 0.717) is 45.9 Å². The molecular weight excluding hydrogens is 1760 g/mol. The van der Waals surface area contributed by atoms with Crippen molar-refractivity contribution in [3.8, 4) is 62.9 Å². The molecule has 9 amide bonds. The number of rotatable bonds is 32. The first-order chi connectivity index (χ1) is 63.6. The van der Waals surface area contributed by atoms with Crippen LogP contribution in [-0.2, 0) is 62.9 Å². The van der Waals surface area contributed by atoms with Gasteiger partial charge < -0.3 is 95.7 Å². The molecule has 0 saturated carbocycles. The summed E-state index contributed by atoms with van der Waals surface area (Å²) in [5.41, 5.74) is -0.897. The monoisotopic (exact) mass is 1860 g/mol. The molecular formula is C98H99Cl2FN10O22. The van der Waals surface area contributed by atoms with Gasteiger partial charge in [0.1, 0.15) is 115 Å². The molecule has 0 aliphatic carbocycles. The van der Waals surface area contributed by atoms with Crippen LogP contribution in [0.15, 0.2) is 225 Å². The quantitative estimate of drug-likeness (QED) is 0.0106. The lowest BCUT2D eigenvalue weighted by Gasteiger charge is -2.33. The minimum atomic E-state index is -2.45. The van der Waals surface area contributed by atoms with Crippen LogP contribution < -0.4 is 75.7 Å². The number of carbonyl (C=O) groups is 9. The number of halogens is 3. The zero-order valence-electron chi connectivity index (χ0n) is 73.7. The van der Waals surface area contributed by atoms with Crippen molar-refractivity contribution in [3.05, 3.63) is 307 Å². The SMILES string of the molecule is C=CCOc1c(O)cc2cc1Oc1c(Cl)cc(cc1Cl)[C@@H](O)[C@@H]1NC(=O)[C@H](NC(=O)[C@@H]2NC(=O)[C@H](CC(=O)NC(c2ccc(OC)cc2)c2ccc(OC)cc2)NC(=O)[C@H](NC(=O)[C@@H](CC(C)C)N(C)C(=O)OC(C)(C)C)[C@H](O)c2ccc(F)c([N+](=O)[O-])c2)c2ccc(OCc3ccccc3)c(c2)-c2c(OCc3ccccc3)cc(OCc3ccccc3)cc2[C@@H](C(=O)NC)NC1=O. The molecule has 0 spiro atoms. The van der Waals surface area contributed by atoms with Crippen LogP contribution in [0.4, 0.5) is 14.9 Å². The average molecular weight is 1860 g/mol. The second-order valence-electron chi connectivity index (χ2n) is 32.7. The molecule has 694 valence electrons. The highest BCUT2D eigenvalue weighted by atomic mass is 35.5. The molecule has 13 rings (SSSR count). The van der Waals surface area contributed by atoms with E-state index in [-0.39, 0.29) is 77.9 Å². The molecule has 3 aliphatic heterocycles. The zero-order chi connectivity index (χ0) is 95.6. The van der Waals surface area contributed by atoms with Gasteiger partial charge in [0, 0.05) is 37.4 Å². The molecule has 0 unspecified atom stereocenters. The molecule has 3 heterocycles. The lowest BCUT2D eigenvalue weighted by molar-refractivity contribution is -0.387. The Bertz CT molecular complexity index is 5890. The Morgan fingerprint density at radius 1 is 0.647 bits per heavy atom. The minimum Gasteiger partial charge on any atom is -0.504 e. The number of hydrogen-bond acceptors (Lipinski definition) is 22. The van der Waals surface area contributed by atoms with Crippen LogP contribution in [-0.4, -0.2) is 143 Å². The zero-order valence-corrected chi connectivity index (χ0v) is 75.2. The van der Waals surface area contributed by atoms with Gasteiger partial charge in [-0.05, 0) is 162 Å². The lowest BCUT2D eigenvalue weighted by atomic mass is 9.89. The number of methoxy groups -OCH3 is 2. The number of amides is 9. The number of aliphatic hydroxyl groups is 2. The predicted octanol–water partition coefficient (Wildman–Crippen LogP) is 13.3. The molecule has 0 radical (unpaired) electrons. The minimum absolute atomic E-state index is 0.0102.